The molecule has 25 heavy (non-hydrogen) atoms. The average molecular weight is 357 g/mol. The molecule has 1 amide bonds. The lowest BCUT2D eigenvalue weighted by Crippen LogP contribution is -2.48. The minimum Gasteiger partial charge on any atom is -0.450 e. The zero-order valence-electron chi connectivity index (χ0n) is 16.4. The Balaban J connectivity index is 2.35. The molecule has 0 aromatic rings. The Morgan fingerprint density at radius 3 is 2.44 bits per heavy atom. The van der Waals surface area contributed by atoms with Crippen LogP contribution in [0.3, 0.4) is 0 Å². The molecule has 1 rings (SSSR count). The summed E-state index contributed by atoms with van der Waals surface area (Å²) in [5, 5.41) is 9.56. The number of guanidine groups is 1. The molecule has 146 valence electrons. The van der Waals surface area contributed by atoms with Gasteiger partial charge in [-0.25, -0.2) is 4.79 Å². The van der Waals surface area contributed by atoms with E-state index in [2.05, 4.69) is 34.8 Å². The highest BCUT2D eigenvalue weighted by molar-refractivity contribution is 5.79. The molecule has 3 N–H and O–H groups in total. The van der Waals surface area contributed by atoms with E-state index in [-0.39, 0.29) is 18.2 Å². The smallest absolute Gasteiger partial charge is 0.407 e. The van der Waals surface area contributed by atoms with Crippen LogP contribution in [-0.2, 0) is 9.47 Å². The van der Waals surface area contributed by atoms with Crippen molar-refractivity contribution in [3.05, 3.63) is 0 Å². The summed E-state index contributed by atoms with van der Waals surface area (Å²) in [5.41, 5.74) is 0. The number of hydrogen-bond acceptors (Lipinski definition) is 4. The molecule has 7 heteroatoms. The van der Waals surface area contributed by atoms with Gasteiger partial charge in [-0.2, -0.15) is 0 Å². The highest BCUT2D eigenvalue weighted by Crippen LogP contribution is 2.32. The first-order valence-corrected chi connectivity index (χ1v) is 9.51. The zero-order valence-corrected chi connectivity index (χ0v) is 16.4. The first kappa shape index (κ1) is 21.5. The third-order valence-corrected chi connectivity index (χ3v) is 4.33. The first-order chi connectivity index (χ1) is 12.0. The molecule has 0 saturated heterocycles. The van der Waals surface area contributed by atoms with Crippen LogP contribution in [-0.4, -0.2) is 57.5 Å². The van der Waals surface area contributed by atoms with Gasteiger partial charge in [-0.3, -0.25) is 4.99 Å². The number of amides is 1. The van der Waals surface area contributed by atoms with Crippen LogP contribution in [0.2, 0.25) is 0 Å². The molecule has 2 atom stereocenters. The van der Waals surface area contributed by atoms with Crippen LogP contribution < -0.4 is 16.0 Å². The predicted molar refractivity (Wildman–Crippen MR) is 101 cm³/mol. The Labute approximate surface area is 152 Å². The Morgan fingerprint density at radius 1 is 1.20 bits per heavy atom. The second-order valence-electron chi connectivity index (χ2n) is 6.72. The Kier molecular flexibility index (Phi) is 10.3. The van der Waals surface area contributed by atoms with Crippen LogP contribution in [0.4, 0.5) is 4.79 Å². The summed E-state index contributed by atoms with van der Waals surface area (Å²) in [7, 11) is 1.75. The van der Waals surface area contributed by atoms with Gasteiger partial charge in [0.2, 0.25) is 0 Å². The first-order valence-electron chi connectivity index (χ1n) is 9.51. The summed E-state index contributed by atoms with van der Waals surface area (Å²) in [4.78, 5) is 15.9. The van der Waals surface area contributed by atoms with Gasteiger partial charge in [-0.05, 0) is 44.9 Å². The molecule has 1 fully saturated rings. The van der Waals surface area contributed by atoms with Crippen molar-refractivity contribution < 1.29 is 14.3 Å². The number of nitrogens with one attached hydrogen (secondary N) is 3. The second-order valence-corrected chi connectivity index (χ2v) is 6.72. The summed E-state index contributed by atoms with van der Waals surface area (Å²) in [5.74, 6) is 1.76. The van der Waals surface area contributed by atoms with Crippen LogP contribution in [0.1, 0.15) is 47.0 Å². The molecule has 7 nitrogen and oxygen atoms in total. The van der Waals surface area contributed by atoms with Gasteiger partial charge in [0, 0.05) is 26.7 Å². The highest BCUT2D eigenvalue weighted by Gasteiger charge is 2.32. The van der Waals surface area contributed by atoms with E-state index in [1.54, 1.807) is 7.05 Å². The summed E-state index contributed by atoms with van der Waals surface area (Å²) >= 11 is 0. The number of ether oxygens (including phenoxy) is 2. The fourth-order valence-corrected chi connectivity index (χ4v) is 2.74. The molecule has 1 aliphatic rings. The van der Waals surface area contributed by atoms with Crippen molar-refractivity contribution in [2.75, 3.05) is 33.4 Å². The van der Waals surface area contributed by atoms with Gasteiger partial charge in [0.05, 0.1) is 18.8 Å². The lowest BCUT2D eigenvalue weighted by atomic mass is 10.0. The summed E-state index contributed by atoms with van der Waals surface area (Å²) in [6.07, 6.45) is 3.13. The molecule has 0 bridgehead atoms. The molecule has 0 radical (unpaired) electrons. The lowest BCUT2D eigenvalue weighted by Gasteiger charge is -2.23. The maximum absolute atomic E-state index is 11.7. The van der Waals surface area contributed by atoms with Crippen molar-refractivity contribution in [2.45, 2.75) is 59.1 Å². The molecule has 0 aliphatic heterocycles. The second kappa shape index (κ2) is 12.0. The van der Waals surface area contributed by atoms with E-state index in [9.17, 15) is 4.79 Å². The quantitative estimate of drug-likeness (QED) is 0.390. The van der Waals surface area contributed by atoms with Crippen molar-refractivity contribution in [1.29, 1.82) is 0 Å². The van der Waals surface area contributed by atoms with E-state index in [0.29, 0.717) is 25.0 Å². The number of aliphatic imine (C=N–C) groups is 1. The van der Waals surface area contributed by atoms with Gasteiger partial charge in [0.25, 0.3) is 0 Å². The SMILES string of the molecule is CCOC(=O)NC(CNC(=NC)NCCC(OCC)C(C)C)C1CC1. The van der Waals surface area contributed by atoms with E-state index in [0.717, 1.165) is 38.4 Å². The molecule has 0 heterocycles. The maximum atomic E-state index is 11.7. The van der Waals surface area contributed by atoms with E-state index in [1.807, 2.05) is 13.8 Å². The number of rotatable bonds is 11. The third kappa shape index (κ3) is 8.95. The summed E-state index contributed by atoms with van der Waals surface area (Å²) < 4.78 is 10.7. The molecule has 0 aromatic heterocycles. The number of carbonyl (C=O) groups is 1. The topological polar surface area (TPSA) is 84.0 Å². The predicted octanol–water partition coefficient (Wildman–Crippen LogP) is 2.13. The van der Waals surface area contributed by atoms with Crippen molar-refractivity contribution in [1.82, 2.24) is 16.0 Å². The van der Waals surface area contributed by atoms with E-state index >= 15 is 0 Å². The third-order valence-electron chi connectivity index (χ3n) is 4.33. The van der Waals surface area contributed by atoms with Gasteiger partial charge >= 0.3 is 6.09 Å². The summed E-state index contributed by atoms with van der Waals surface area (Å²) in [6, 6.07) is 0.0736. The number of nitrogens with zero attached hydrogens (tertiary/aromatic N) is 1. The largest absolute Gasteiger partial charge is 0.450 e. The van der Waals surface area contributed by atoms with Crippen molar-refractivity contribution in [2.24, 2.45) is 16.8 Å². The van der Waals surface area contributed by atoms with Gasteiger partial charge in [-0.15, -0.1) is 0 Å². The molecule has 0 spiro atoms. The molecule has 0 aromatic carbocycles. The molecular formula is C18H36N4O3. The van der Waals surface area contributed by atoms with Gasteiger partial charge in [-0.1, -0.05) is 13.8 Å². The molecule has 2 unspecified atom stereocenters. The Bertz CT molecular complexity index is 411. The fraction of sp³-hybridized carbons (Fsp3) is 0.889. The molecule has 1 aliphatic carbocycles. The zero-order chi connectivity index (χ0) is 18.7. The standard InChI is InChI=1S/C18H36N4O3/c1-6-24-16(13(3)4)10-11-20-17(19-5)21-12-15(14-8-9-14)22-18(23)25-7-2/h13-16H,6-12H2,1-5H3,(H,22,23)(H2,19,20,21). The fourth-order valence-electron chi connectivity index (χ4n) is 2.74. The minimum absolute atomic E-state index is 0.0736. The van der Waals surface area contributed by atoms with Gasteiger partial charge in [0.1, 0.15) is 0 Å². The van der Waals surface area contributed by atoms with Crippen molar-refractivity contribution >= 4 is 12.1 Å². The number of alkyl carbamates (subject to hydrolysis) is 1. The van der Waals surface area contributed by atoms with E-state index < -0.39 is 0 Å². The van der Waals surface area contributed by atoms with E-state index in [1.165, 1.54) is 0 Å². The van der Waals surface area contributed by atoms with Gasteiger partial charge < -0.3 is 25.4 Å². The molecule has 1 saturated carbocycles. The van der Waals surface area contributed by atoms with E-state index in [4.69, 9.17) is 9.47 Å². The number of hydrogen-bond donors (Lipinski definition) is 3. The summed E-state index contributed by atoms with van der Waals surface area (Å²) in [6.45, 7) is 10.7. The Morgan fingerprint density at radius 2 is 1.92 bits per heavy atom. The van der Waals surface area contributed by atoms with Crippen LogP contribution in [0.5, 0.6) is 0 Å². The minimum atomic E-state index is -0.347. The maximum Gasteiger partial charge on any atom is 0.407 e. The van der Waals surface area contributed by atoms with Crippen molar-refractivity contribution in [3.8, 4) is 0 Å². The van der Waals surface area contributed by atoms with Gasteiger partial charge in [0.15, 0.2) is 5.96 Å². The Hall–Kier alpha value is -1.50. The monoisotopic (exact) mass is 356 g/mol. The number of carbonyl (C=O) groups excluding carboxylic acids is 1. The molecular weight excluding hydrogens is 320 g/mol. The normalized spacial score (nSPS) is 17.1. The van der Waals surface area contributed by atoms with Crippen LogP contribution in [0, 0.1) is 11.8 Å². The van der Waals surface area contributed by atoms with Crippen LogP contribution in [0.15, 0.2) is 4.99 Å². The lowest BCUT2D eigenvalue weighted by molar-refractivity contribution is 0.0258. The highest BCUT2D eigenvalue weighted by atomic mass is 16.5. The van der Waals surface area contributed by atoms with Crippen molar-refractivity contribution in [3.63, 3.8) is 0 Å². The average Bonchev–Trinajstić information content (AvgIpc) is 3.40. The van der Waals surface area contributed by atoms with Crippen LogP contribution in [0.25, 0.3) is 0 Å². The van der Waals surface area contributed by atoms with Crippen LogP contribution >= 0.6 is 0 Å².